The Labute approximate surface area is 111 Å². The van der Waals surface area contributed by atoms with E-state index >= 15 is 0 Å². The zero-order chi connectivity index (χ0) is 13.1. The summed E-state index contributed by atoms with van der Waals surface area (Å²) in [4.78, 5) is 24.8. The molecule has 0 saturated carbocycles. The highest BCUT2D eigenvalue weighted by Gasteiger charge is 2.22. The van der Waals surface area contributed by atoms with E-state index in [2.05, 4.69) is 26.2 Å². The molecule has 0 bridgehead atoms. The first kappa shape index (κ1) is 12.7. The third kappa shape index (κ3) is 2.95. The minimum Gasteiger partial charge on any atom is -0.475 e. The van der Waals surface area contributed by atoms with Crippen LogP contribution in [-0.4, -0.2) is 28.5 Å². The molecule has 2 rings (SSSR count). The molecule has 1 aliphatic rings. The molecule has 1 aliphatic heterocycles. The Balaban J connectivity index is 1.97. The van der Waals surface area contributed by atoms with Crippen LogP contribution in [0, 0.1) is 10.1 Å². The molecule has 1 saturated heterocycles. The number of amides is 1. The first-order chi connectivity index (χ1) is 8.56. The van der Waals surface area contributed by atoms with Crippen LogP contribution < -0.4 is 10.1 Å². The van der Waals surface area contributed by atoms with Gasteiger partial charge in [0.05, 0.1) is 15.4 Å². The number of halogens is 1. The Bertz CT molecular complexity index is 494. The number of nitro groups is 1. The average Bonchev–Trinajstić information content (AvgIpc) is 2.73. The van der Waals surface area contributed by atoms with Crippen molar-refractivity contribution in [1.82, 2.24) is 10.3 Å². The van der Waals surface area contributed by atoms with Gasteiger partial charge in [-0.15, -0.1) is 0 Å². The summed E-state index contributed by atoms with van der Waals surface area (Å²) >= 11 is 3.16. The maximum Gasteiger partial charge on any atom is 0.288 e. The van der Waals surface area contributed by atoms with Gasteiger partial charge in [0.15, 0.2) is 0 Å². The maximum absolute atomic E-state index is 11.0. The monoisotopic (exact) mass is 315 g/mol. The fourth-order valence-electron chi connectivity index (χ4n) is 1.60. The van der Waals surface area contributed by atoms with Gasteiger partial charge in [0, 0.05) is 12.5 Å². The molecule has 1 fully saturated rings. The number of carbonyl (C=O) groups excluding carboxylic acids is 1. The Morgan fingerprint density at radius 1 is 1.67 bits per heavy atom. The number of ether oxygens (including phenoxy) is 1. The van der Waals surface area contributed by atoms with E-state index in [0.717, 1.165) is 12.6 Å². The number of carbonyl (C=O) groups is 1. The van der Waals surface area contributed by atoms with Crippen LogP contribution in [0.3, 0.4) is 0 Å². The molecule has 0 radical (unpaired) electrons. The molecule has 0 aliphatic carbocycles. The van der Waals surface area contributed by atoms with Crippen LogP contribution >= 0.6 is 15.9 Å². The minimum atomic E-state index is -0.529. The van der Waals surface area contributed by atoms with E-state index in [1.165, 1.54) is 6.07 Å². The van der Waals surface area contributed by atoms with Gasteiger partial charge in [0.25, 0.3) is 5.69 Å². The maximum atomic E-state index is 11.0. The second kappa shape index (κ2) is 5.30. The average molecular weight is 316 g/mol. The molecule has 1 N–H and O–H groups in total. The van der Waals surface area contributed by atoms with Gasteiger partial charge in [-0.2, -0.15) is 0 Å². The largest absolute Gasteiger partial charge is 0.475 e. The van der Waals surface area contributed by atoms with Crippen LogP contribution in [0.1, 0.15) is 12.8 Å². The highest BCUT2D eigenvalue weighted by molar-refractivity contribution is 9.10. The predicted molar refractivity (Wildman–Crippen MR) is 65.3 cm³/mol. The molecule has 1 amide bonds. The summed E-state index contributed by atoms with van der Waals surface area (Å²) in [5, 5.41) is 13.3. The first-order valence-corrected chi connectivity index (χ1v) is 6.07. The summed E-state index contributed by atoms with van der Waals surface area (Å²) in [7, 11) is 0. The van der Waals surface area contributed by atoms with Crippen molar-refractivity contribution in [3.05, 3.63) is 26.9 Å². The lowest BCUT2D eigenvalue weighted by Gasteiger charge is -2.11. The molecule has 8 heteroatoms. The Hall–Kier alpha value is -1.70. The van der Waals surface area contributed by atoms with Crippen LogP contribution in [0.2, 0.25) is 0 Å². The quantitative estimate of drug-likeness (QED) is 0.669. The van der Waals surface area contributed by atoms with E-state index in [-0.39, 0.29) is 23.5 Å². The van der Waals surface area contributed by atoms with Crippen molar-refractivity contribution < 1.29 is 14.5 Å². The van der Waals surface area contributed by atoms with E-state index in [9.17, 15) is 14.9 Å². The lowest BCUT2D eigenvalue weighted by atomic mass is 10.2. The molecule has 7 nitrogen and oxygen atoms in total. The Kier molecular flexibility index (Phi) is 3.75. The van der Waals surface area contributed by atoms with Crippen molar-refractivity contribution in [2.24, 2.45) is 0 Å². The fraction of sp³-hybridized carbons (Fsp3) is 0.400. The standard InChI is InChI=1S/C10H10BrN3O4/c11-8-3-7(14(16)17)4-12-10(8)18-5-6-1-2-9(15)13-6/h3-4,6H,1-2,5H2,(H,13,15)/t6-/m0/s1. The second-order valence-electron chi connectivity index (χ2n) is 3.85. The molecule has 1 aromatic heterocycles. The van der Waals surface area contributed by atoms with Gasteiger partial charge in [-0.25, -0.2) is 4.98 Å². The SMILES string of the molecule is O=C1CC[C@@H](COc2ncc([N+](=O)[O-])cc2Br)N1. The molecule has 18 heavy (non-hydrogen) atoms. The summed E-state index contributed by atoms with van der Waals surface area (Å²) in [6.07, 6.45) is 2.36. The van der Waals surface area contributed by atoms with Crippen LogP contribution in [0.15, 0.2) is 16.7 Å². The smallest absolute Gasteiger partial charge is 0.288 e. The zero-order valence-corrected chi connectivity index (χ0v) is 10.8. The van der Waals surface area contributed by atoms with Crippen LogP contribution in [0.4, 0.5) is 5.69 Å². The van der Waals surface area contributed by atoms with Crippen molar-refractivity contribution in [2.45, 2.75) is 18.9 Å². The Morgan fingerprint density at radius 2 is 2.44 bits per heavy atom. The van der Waals surface area contributed by atoms with Crippen LogP contribution in [0.5, 0.6) is 5.88 Å². The molecule has 96 valence electrons. The van der Waals surface area contributed by atoms with Crippen LogP contribution in [-0.2, 0) is 4.79 Å². The summed E-state index contributed by atoms with van der Waals surface area (Å²) in [6, 6.07) is 1.30. The van der Waals surface area contributed by atoms with E-state index < -0.39 is 4.92 Å². The highest BCUT2D eigenvalue weighted by atomic mass is 79.9. The van der Waals surface area contributed by atoms with Crippen LogP contribution in [0.25, 0.3) is 0 Å². The van der Waals surface area contributed by atoms with E-state index in [4.69, 9.17) is 4.74 Å². The van der Waals surface area contributed by atoms with Gasteiger partial charge in [0.1, 0.15) is 12.8 Å². The second-order valence-corrected chi connectivity index (χ2v) is 4.71. The minimum absolute atomic E-state index is 0.0133. The molecule has 0 spiro atoms. The Morgan fingerprint density at radius 3 is 3.00 bits per heavy atom. The summed E-state index contributed by atoms with van der Waals surface area (Å²) in [6.45, 7) is 0.301. The molecular weight excluding hydrogens is 306 g/mol. The first-order valence-electron chi connectivity index (χ1n) is 5.28. The van der Waals surface area contributed by atoms with Crippen molar-refractivity contribution in [3.63, 3.8) is 0 Å². The fourth-order valence-corrected chi connectivity index (χ4v) is 2.05. The third-order valence-electron chi connectivity index (χ3n) is 2.51. The topological polar surface area (TPSA) is 94.4 Å². The number of nitrogens with one attached hydrogen (secondary N) is 1. The van der Waals surface area contributed by atoms with Crippen molar-refractivity contribution in [2.75, 3.05) is 6.61 Å². The zero-order valence-electron chi connectivity index (χ0n) is 9.26. The summed E-state index contributed by atoms with van der Waals surface area (Å²) in [5.41, 5.74) is -0.108. The van der Waals surface area contributed by atoms with E-state index in [1.54, 1.807) is 0 Å². The van der Waals surface area contributed by atoms with E-state index in [0.29, 0.717) is 17.5 Å². The van der Waals surface area contributed by atoms with Gasteiger partial charge in [-0.05, 0) is 22.4 Å². The van der Waals surface area contributed by atoms with Gasteiger partial charge < -0.3 is 10.1 Å². The van der Waals surface area contributed by atoms with Gasteiger partial charge in [0.2, 0.25) is 11.8 Å². The van der Waals surface area contributed by atoms with Gasteiger partial charge in [-0.3, -0.25) is 14.9 Å². The summed E-state index contributed by atoms with van der Waals surface area (Å²) < 4.78 is 5.83. The molecule has 1 aromatic rings. The summed E-state index contributed by atoms with van der Waals surface area (Å²) in [5.74, 6) is 0.293. The number of aromatic nitrogens is 1. The number of hydrogen-bond donors (Lipinski definition) is 1. The molecular formula is C10H10BrN3O4. The van der Waals surface area contributed by atoms with Crippen molar-refractivity contribution in [3.8, 4) is 5.88 Å². The molecule has 2 heterocycles. The molecule has 1 atom stereocenters. The number of hydrogen-bond acceptors (Lipinski definition) is 5. The predicted octanol–water partition coefficient (Wildman–Crippen LogP) is 1.41. The normalized spacial score (nSPS) is 18.5. The number of pyridine rings is 1. The van der Waals surface area contributed by atoms with Gasteiger partial charge >= 0.3 is 0 Å². The van der Waals surface area contributed by atoms with E-state index in [1.807, 2.05) is 0 Å². The van der Waals surface area contributed by atoms with Crippen molar-refractivity contribution >= 4 is 27.5 Å². The highest BCUT2D eigenvalue weighted by Crippen LogP contribution is 2.26. The van der Waals surface area contributed by atoms with Crippen molar-refractivity contribution in [1.29, 1.82) is 0 Å². The van der Waals surface area contributed by atoms with Gasteiger partial charge in [-0.1, -0.05) is 0 Å². The molecule has 0 aromatic carbocycles. The number of nitrogens with zero attached hydrogens (tertiary/aromatic N) is 2. The lowest BCUT2D eigenvalue weighted by Crippen LogP contribution is -2.31. The third-order valence-corrected chi connectivity index (χ3v) is 3.08. The number of rotatable bonds is 4. The lowest BCUT2D eigenvalue weighted by molar-refractivity contribution is -0.385. The molecule has 0 unspecified atom stereocenters.